The summed E-state index contributed by atoms with van der Waals surface area (Å²) in [5, 5.41) is 13.0. The number of hydrogen-bond donors (Lipinski definition) is 2. The minimum atomic E-state index is -0.0779. The molecule has 3 aromatic carbocycles. The van der Waals surface area contributed by atoms with Crippen LogP contribution in [0.2, 0.25) is 0 Å². The van der Waals surface area contributed by atoms with Crippen LogP contribution >= 0.6 is 11.3 Å². The Morgan fingerprint density at radius 2 is 1.82 bits per heavy atom. The van der Waals surface area contributed by atoms with Crippen molar-refractivity contribution in [3.8, 4) is 11.1 Å². The van der Waals surface area contributed by atoms with Crippen LogP contribution in [-0.2, 0) is 4.74 Å². The number of ether oxygens (including phenoxy) is 1. The number of nitrogens with one attached hydrogen (secondary N) is 2. The third-order valence-electron chi connectivity index (χ3n) is 7.01. The van der Waals surface area contributed by atoms with Gasteiger partial charge in [-0.2, -0.15) is 0 Å². The molecule has 0 bridgehead atoms. The Labute approximate surface area is 226 Å². The van der Waals surface area contributed by atoms with E-state index in [1.54, 1.807) is 0 Å². The molecule has 0 radical (unpaired) electrons. The number of morpholine rings is 1. The van der Waals surface area contributed by atoms with E-state index in [1.807, 2.05) is 35.8 Å². The van der Waals surface area contributed by atoms with Crippen LogP contribution in [0.4, 0.5) is 11.5 Å². The molecule has 1 aliphatic rings. The van der Waals surface area contributed by atoms with E-state index in [2.05, 4.69) is 69.0 Å². The molecule has 6 nitrogen and oxygen atoms in total. The molecule has 1 fully saturated rings. The number of amides is 1. The third kappa shape index (κ3) is 5.41. The lowest BCUT2D eigenvalue weighted by atomic mass is 9.96. The maximum Gasteiger partial charge on any atom is 0.265 e. The molecule has 1 saturated heterocycles. The van der Waals surface area contributed by atoms with Crippen LogP contribution < -0.4 is 10.6 Å². The highest BCUT2D eigenvalue weighted by atomic mass is 32.1. The zero-order valence-corrected chi connectivity index (χ0v) is 22.0. The number of pyridine rings is 1. The fourth-order valence-electron chi connectivity index (χ4n) is 5.03. The molecule has 2 aromatic heterocycles. The van der Waals surface area contributed by atoms with E-state index in [4.69, 9.17) is 4.74 Å². The van der Waals surface area contributed by atoms with Gasteiger partial charge in [0.15, 0.2) is 0 Å². The van der Waals surface area contributed by atoms with Crippen LogP contribution in [-0.4, -0.2) is 55.2 Å². The van der Waals surface area contributed by atoms with Crippen molar-refractivity contribution >= 4 is 50.3 Å². The first-order valence-corrected chi connectivity index (χ1v) is 13.9. The van der Waals surface area contributed by atoms with E-state index in [0.29, 0.717) is 4.88 Å². The van der Waals surface area contributed by atoms with Gasteiger partial charge in [-0.05, 0) is 76.0 Å². The van der Waals surface area contributed by atoms with Crippen molar-refractivity contribution in [2.24, 2.45) is 0 Å². The van der Waals surface area contributed by atoms with Gasteiger partial charge >= 0.3 is 0 Å². The molecule has 5 aromatic rings. The number of carbonyl (C=O) groups is 1. The molecule has 0 aliphatic carbocycles. The number of thiophene rings is 1. The minimum absolute atomic E-state index is 0.0779. The van der Waals surface area contributed by atoms with Gasteiger partial charge in [-0.15, -0.1) is 11.3 Å². The predicted molar refractivity (Wildman–Crippen MR) is 157 cm³/mol. The molecule has 0 atom stereocenters. The average molecular weight is 523 g/mol. The van der Waals surface area contributed by atoms with Gasteiger partial charge in [-0.25, -0.2) is 4.98 Å². The van der Waals surface area contributed by atoms with Crippen LogP contribution in [0.1, 0.15) is 16.1 Å². The Hall–Kier alpha value is -3.78. The molecule has 1 amide bonds. The number of fused-ring (bicyclic) bond motifs is 2. The minimum Gasteiger partial charge on any atom is -0.379 e. The summed E-state index contributed by atoms with van der Waals surface area (Å²) in [6, 6.07) is 24.8. The fourth-order valence-corrected chi connectivity index (χ4v) is 5.64. The van der Waals surface area contributed by atoms with Crippen molar-refractivity contribution in [3.63, 3.8) is 0 Å². The van der Waals surface area contributed by atoms with Crippen molar-refractivity contribution < 1.29 is 9.53 Å². The van der Waals surface area contributed by atoms with Crippen molar-refractivity contribution in [1.29, 1.82) is 0 Å². The lowest BCUT2D eigenvalue weighted by Crippen LogP contribution is -2.37. The Bertz CT molecular complexity index is 1560. The molecule has 3 heterocycles. The van der Waals surface area contributed by atoms with Gasteiger partial charge in [0.2, 0.25) is 0 Å². The smallest absolute Gasteiger partial charge is 0.265 e. The summed E-state index contributed by atoms with van der Waals surface area (Å²) >= 11 is 1.44. The van der Waals surface area contributed by atoms with Crippen molar-refractivity contribution in [2.45, 2.75) is 6.42 Å². The Balaban J connectivity index is 1.20. The first-order valence-electron chi connectivity index (χ1n) is 13.1. The zero-order chi connectivity index (χ0) is 25.7. The number of nitrogens with zero attached hydrogens (tertiary/aromatic N) is 2. The maximum atomic E-state index is 12.4. The van der Waals surface area contributed by atoms with Gasteiger partial charge in [0.05, 0.1) is 18.1 Å². The van der Waals surface area contributed by atoms with Crippen LogP contribution in [0.3, 0.4) is 0 Å². The average Bonchev–Trinajstić information content (AvgIpc) is 3.51. The van der Waals surface area contributed by atoms with E-state index in [1.165, 1.54) is 22.3 Å². The molecule has 0 saturated carbocycles. The number of aromatic nitrogens is 1. The second-order valence-electron chi connectivity index (χ2n) is 9.50. The topological polar surface area (TPSA) is 66.5 Å². The normalized spacial score (nSPS) is 14.1. The molecule has 7 heteroatoms. The van der Waals surface area contributed by atoms with Gasteiger partial charge in [-0.1, -0.05) is 42.5 Å². The summed E-state index contributed by atoms with van der Waals surface area (Å²) in [6.45, 7) is 5.67. The van der Waals surface area contributed by atoms with E-state index < -0.39 is 0 Å². The molecule has 2 N–H and O–H groups in total. The van der Waals surface area contributed by atoms with Crippen LogP contribution in [0.25, 0.3) is 32.7 Å². The highest BCUT2D eigenvalue weighted by Crippen LogP contribution is 2.33. The second kappa shape index (κ2) is 11.3. The highest BCUT2D eigenvalue weighted by molar-refractivity contribution is 7.12. The first kappa shape index (κ1) is 24.6. The van der Waals surface area contributed by atoms with Gasteiger partial charge < -0.3 is 15.4 Å². The summed E-state index contributed by atoms with van der Waals surface area (Å²) in [4.78, 5) is 20.3. The van der Waals surface area contributed by atoms with Crippen LogP contribution in [0.5, 0.6) is 0 Å². The molecule has 192 valence electrons. The number of benzene rings is 3. The van der Waals surface area contributed by atoms with Gasteiger partial charge in [0, 0.05) is 36.9 Å². The molecular formula is C31H30N4O2S. The summed E-state index contributed by atoms with van der Waals surface area (Å²) in [5.74, 6) is 0.851. The van der Waals surface area contributed by atoms with E-state index in [0.717, 1.165) is 79.0 Å². The summed E-state index contributed by atoms with van der Waals surface area (Å²) < 4.78 is 5.44. The SMILES string of the molecule is O=C(Nc1ccc2cc(-c3cccc4c(NCCCN5CCOCC5)nccc34)ccc2c1)c1cccs1. The Morgan fingerprint density at radius 3 is 2.68 bits per heavy atom. The molecule has 0 spiro atoms. The van der Waals surface area contributed by atoms with Crippen LogP contribution in [0, 0.1) is 0 Å². The Morgan fingerprint density at radius 1 is 0.947 bits per heavy atom. The van der Waals surface area contributed by atoms with Gasteiger partial charge in [-0.3, -0.25) is 9.69 Å². The molecule has 38 heavy (non-hydrogen) atoms. The highest BCUT2D eigenvalue weighted by Gasteiger charge is 2.12. The summed E-state index contributed by atoms with van der Waals surface area (Å²) in [7, 11) is 0. The van der Waals surface area contributed by atoms with Crippen LogP contribution in [0.15, 0.2) is 84.4 Å². The monoisotopic (exact) mass is 522 g/mol. The summed E-state index contributed by atoms with van der Waals surface area (Å²) in [5.41, 5.74) is 3.13. The third-order valence-corrected chi connectivity index (χ3v) is 7.88. The quantitative estimate of drug-likeness (QED) is 0.228. The molecule has 1 aliphatic heterocycles. The van der Waals surface area contributed by atoms with Crippen molar-refractivity contribution in [2.75, 3.05) is 50.0 Å². The van der Waals surface area contributed by atoms with E-state index in [-0.39, 0.29) is 5.91 Å². The predicted octanol–water partition coefficient (Wildman–Crippen LogP) is 6.50. The van der Waals surface area contributed by atoms with Gasteiger partial charge in [0.1, 0.15) is 5.82 Å². The Kier molecular flexibility index (Phi) is 7.31. The largest absolute Gasteiger partial charge is 0.379 e. The molecule has 0 unspecified atom stereocenters. The zero-order valence-electron chi connectivity index (χ0n) is 21.2. The summed E-state index contributed by atoms with van der Waals surface area (Å²) in [6.07, 6.45) is 2.96. The van der Waals surface area contributed by atoms with E-state index >= 15 is 0 Å². The standard InChI is InChI=1S/C31H30N4O2S/c36-31(29-6-2-19-38-29)34-25-10-9-22-20-24(8-7-23(22)21-25)26-4-1-5-28-27(26)11-13-33-30(28)32-12-3-14-35-15-17-37-18-16-35/h1-2,4-11,13,19-21H,3,12,14-18H2,(H,32,33)(H,34,36). The number of anilines is 2. The lowest BCUT2D eigenvalue weighted by molar-refractivity contribution is 0.0378. The van der Waals surface area contributed by atoms with Crippen molar-refractivity contribution in [3.05, 3.63) is 89.3 Å². The van der Waals surface area contributed by atoms with Crippen molar-refractivity contribution in [1.82, 2.24) is 9.88 Å². The lowest BCUT2D eigenvalue weighted by Gasteiger charge is -2.26. The van der Waals surface area contributed by atoms with Gasteiger partial charge in [0.25, 0.3) is 5.91 Å². The number of hydrogen-bond acceptors (Lipinski definition) is 6. The van der Waals surface area contributed by atoms with E-state index in [9.17, 15) is 4.79 Å². The molecular weight excluding hydrogens is 492 g/mol. The maximum absolute atomic E-state index is 12.4. The number of rotatable bonds is 8. The number of carbonyl (C=O) groups excluding carboxylic acids is 1. The first-order chi connectivity index (χ1) is 18.7. The fraction of sp³-hybridized carbons (Fsp3) is 0.226. The second-order valence-corrected chi connectivity index (χ2v) is 10.5. The molecule has 6 rings (SSSR count).